The highest BCUT2D eigenvalue weighted by molar-refractivity contribution is 5.81. The summed E-state index contributed by atoms with van der Waals surface area (Å²) in [5, 5.41) is 6.47. The molecule has 1 saturated heterocycles. The Morgan fingerprint density at radius 1 is 1.29 bits per heavy atom. The van der Waals surface area contributed by atoms with Crippen LogP contribution in [-0.4, -0.2) is 25.0 Å². The van der Waals surface area contributed by atoms with Gasteiger partial charge in [0.15, 0.2) is 0 Å². The van der Waals surface area contributed by atoms with Crippen LogP contribution in [0.3, 0.4) is 0 Å². The number of carbonyl (C=O) groups excluding carboxylic acids is 1. The molecule has 4 unspecified atom stereocenters. The molecule has 0 radical (unpaired) electrons. The second-order valence-corrected chi connectivity index (χ2v) is 6.05. The minimum Gasteiger partial charge on any atom is -0.354 e. The zero-order valence-corrected chi connectivity index (χ0v) is 11.2. The summed E-state index contributed by atoms with van der Waals surface area (Å²) < 4.78 is 0. The fourth-order valence-corrected chi connectivity index (χ4v) is 3.19. The van der Waals surface area contributed by atoms with Crippen molar-refractivity contribution < 1.29 is 4.79 Å². The Labute approximate surface area is 105 Å². The first-order chi connectivity index (χ1) is 8.16. The third kappa shape index (κ3) is 3.44. The number of rotatable bonds is 3. The Kier molecular flexibility index (Phi) is 4.43. The highest BCUT2D eigenvalue weighted by atomic mass is 16.2. The Balaban J connectivity index is 1.73. The van der Waals surface area contributed by atoms with Crippen LogP contribution in [-0.2, 0) is 4.79 Å². The molecule has 1 heterocycles. The van der Waals surface area contributed by atoms with E-state index in [9.17, 15) is 4.79 Å². The number of carbonyl (C=O) groups is 1. The number of piperidine rings is 1. The number of amides is 1. The van der Waals surface area contributed by atoms with Crippen molar-refractivity contribution in [3.8, 4) is 0 Å². The highest BCUT2D eigenvalue weighted by Gasteiger charge is 2.27. The molecule has 0 spiro atoms. The molecule has 1 amide bonds. The first-order valence-electron chi connectivity index (χ1n) is 7.18. The van der Waals surface area contributed by atoms with Gasteiger partial charge in [0.05, 0.1) is 6.04 Å². The quantitative estimate of drug-likeness (QED) is 0.789. The normalized spacial score (nSPS) is 38.0. The molecule has 17 heavy (non-hydrogen) atoms. The van der Waals surface area contributed by atoms with Gasteiger partial charge in [-0.3, -0.25) is 4.79 Å². The number of hydrogen-bond acceptors (Lipinski definition) is 2. The van der Waals surface area contributed by atoms with Crippen molar-refractivity contribution in [3.63, 3.8) is 0 Å². The van der Waals surface area contributed by atoms with Crippen LogP contribution in [0, 0.1) is 17.8 Å². The zero-order valence-electron chi connectivity index (χ0n) is 11.2. The summed E-state index contributed by atoms with van der Waals surface area (Å²) >= 11 is 0. The molecule has 2 rings (SSSR count). The van der Waals surface area contributed by atoms with Crippen molar-refractivity contribution in [2.24, 2.45) is 17.8 Å². The molecule has 2 fully saturated rings. The summed E-state index contributed by atoms with van der Waals surface area (Å²) in [4.78, 5) is 12.0. The van der Waals surface area contributed by atoms with Gasteiger partial charge >= 0.3 is 0 Å². The largest absolute Gasteiger partial charge is 0.354 e. The summed E-state index contributed by atoms with van der Waals surface area (Å²) in [6.45, 7) is 6.41. The van der Waals surface area contributed by atoms with E-state index in [1.165, 1.54) is 25.7 Å². The summed E-state index contributed by atoms with van der Waals surface area (Å²) in [5.74, 6) is 2.39. The van der Waals surface area contributed by atoms with E-state index >= 15 is 0 Å². The molecule has 1 aliphatic carbocycles. The summed E-state index contributed by atoms with van der Waals surface area (Å²) in [6, 6.07) is 0.0514. The van der Waals surface area contributed by atoms with Gasteiger partial charge < -0.3 is 10.6 Å². The van der Waals surface area contributed by atoms with E-state index in [2.05, 4.69) is 24.5 Å². The van der Waals surface area contributed by atoms with Gasteiger partial charge in [0, 0.05) is 6.54 Å². The lowest BCUT2D eigenvalue weighted by molar-refractivity contribution is -0.124. The zero-order chi connectivity index (χ0) is 12.3. The van der Waals surface area contributed by atoms with Crippen LogP contribution >= 0.6 is 0 Å². The van der Waals surface area contributed by atoms with Gasteiger partial charge in [0.1, 0.15) is 0 Å². The van der Waals surface area contributed by atoms with Crippen molar-refractivity contribution in [1.82, 2.24) is 10.6 Å². The molecule has 0 aromatic heterocycles. The van der Waals surface area contributed by atoms with E-state index in [-0.39, 0.29) is 11.9 Å². The van der Waals surface area contributed by atoms with Gasteiger partial charge in [-0.25, -0.2) is 0 Å². The topological polar surface area (TPSA) is 41.1 Å². The molecule has 2 N–H and O–H groups in total. The number of hydrogen-bond donors (Lipinski definition) is 2. The number of nitrogens with one attached hydrogen (secondary N) is 2. The second kappa shape index (κ2) is 5.85. The monoisotopic (exact) mass is 238 g/mol. The average Bonchev–Trinajstić information content (AvgIpc) is 2.72. The molecule has 3 heteroatoms. The maximum absolute atomic E-state index is 12.0. The van der Waals surface area contributed by atoms with Crippen LogP contribution in [0.5, 0.6) is 0 Å². The third-order valence-electron chi connectivity index (χ3n) is 4.56. The van der Waals surface area contributed by atoms with Crippen LogP contribution < -0.4 is 10.6 Å². The SMILES string of the molecule is CC1CCNC(C(=O)NCC2CCCC2C)C1. The first-order valence-corrected chi connectivity index (χ1v) is 7.18. The predicted octanol–water partition coefficient (Wildman–Crippen LogP) is 1.93. The molecule has 0 aromatic rings. The van der Waals surface area contributed by atoms with E-state index in [0.717, 1.165) is 25.4 Å². The van der Waals surface area contributed by atoms with Crippen LogP contribution in [0.25, 0.3) is 0 Å². The van der Waals surface area contributed by atoms with E-state index < -0.39 is 0 Å². The lowest BCUT2D eigenvalue weighted by atomic mass is 9.93. The molecule has 0 aromatic carbocycles. The molecular formula is C14H26N2O. The van der Waals surface area contributed by atoms with E-state index in [1.807, 2.05) is 0 Å². The minimum atomic E-state index is 0.0514. The summed E-state index contributed by atoms with van der Waals surface area (Å²) in [6.07, 6.45) is 6.14. The lowest BCUT2D eigenvalue weighted by Crippen LogP contribution is -2.49. The fraction of sp³-hybridized carbons (Fsp3) is 0.929. The van der Waals surface area contributed by atoms with Gasteiger partial charge in [-0.05, 0) is 43.6 Å². The van der Waals surface area contributed by atoms with Crippen molar-refractivity contribution in [2.45, 2.75) is 52.0 Å². The second-order valence-electron chi connectivity index (χ2n) is 6.05. The van der Waals surface area contributed by atoms with Gasteiger partial charge in [-0.2, -0.15) is 0 Å². The molecule has 4 atom stereocenters. The smallest absolute Gasteiger partial charge is 0.237 e. The summed E-state index contributed by atoms with van der Waals surface area (Å²) in [5.41, 5.74) is 0. The Hall–Kier alpha value is -0.570. The Bertz CT molecular complexity index is 267. The predicted molar refractivity (Wildman–Crippen MR) is 69.7 cm³/mol. The molecule has 2 aliphatic rings. The van der Waals surface area contributed by atoms with Crippen LogP contribution in [0.2, 0.25) is 0 Å². The van der Waals surface area contributed by atoms with Gasteiger partial charge in [0.2, 0.25) is 5.91 Å². The highest BCUT2D eigenvalue weighted by Crippen LogP contribution is 2.30. The van der Waals surface area contributed by atoms with Crippen molar-refractivity contribution in [2.75, 3.05) is 13.1 Å². The minimum absolute atomic E-state index is 0.0514. The van der Waals surface area contributed by atoms with Crippen molar-refractivity contribution >= 4 is 5.91 Å². The van der Waals surface area contributed by atoms with E-state index in [1.54, 1.807) is 0 Å². The fourth-order valence-electron chi connectivity index (χ4n) is 3.19. The maximum atomic E-state index is 12.0. The summed E-state index contributed by atoms with van der Waals surface area (Å²) in [7, 11) is 0. The van der Waals surface area contributed by atoms with Gasteiger partial charge in [-0.1, -0.05) is 26.7 Å². The van der Waals surface area contributed by atoms with Crippen LogP contribution in [0.4, 0.5) is 0 Å². The maximum Gasteiger partial charge on any atom is 0.237 e. The molecule has 1 aliphatic heterocycles. The Morgan fingerprint density at radius 3 is 2.76 bits per heavy atom. The van der Waals surface area contributed by atoms with Crippen molar-refractivity contribution in [3.05, 3.63) is 0 Å². The molecular weight excluding hydrogens is 212 g/mol. The standard InChI is InChI=1S/C14H26N2O/c1-10-6-7-15-13(8-10)14(17)16-9-12-5-3-4-11(12)2/h10-13,15H,3-9H2,1-2H3,(H,16,17). The Morgan fingerprint density at radius 2 is 2.12 bits per heavy atom. The van der Waals surface area contributed by atoms with E-state index in [4.69, 9.17) is 0 Å². The van der Waals surface area contributed by atoms with Gasteiger partial charge in [-0.15, -0.1) is 0 Å². The van der Waals surface area contributed by atoms with Crippen LogP contribution in [0.1, 0.15) is 46.0 Å². The molecule has 0 bridgehead atoms. The van der Waals surface area contributed by atoms with Crippen LogP contribution in [0.15, 0.2) is 0 Å². The first kappa shape index (κ1) is 12.9. The lowest BCUT2D eigenvalue weighted by Gasteiger charge is -2.28. The average molecular weight is 238 g/mol. The molecule has 3 nitrogen and oxygen atoms in total. The third-order valence-corrected chi connectivity index (χ3v) is 4.56. The van der Waals surface area contributed by atoms with Crippen molar-refractivity contribution in [1.29, 1.82) is 0 Å². The molecule has 98 valence electrons. The molecule has 1 saturated carbocycles. The van der Waals surface area contributed by atoms with Gasteiger partial charge in [0.25, 0.3) is 0 Å². The van der Waals surface area contributed by atoms with E-state index in [0.29, 0.717) is 11.8 Å².